The molecule has 3 heterocycles. The van der Waals surface area contributed by atoms with E-state index in [-0.39, 0.29) is 6.03 Å². The van der Waals surface area contributed by atoms with E-state index in [1.54, 1.807) is 19.0 Å². The minimum absolute atomic E-state index is 0.161. The van der Waals surface area contributed by atoms with Crippen LogP contribution >= 0.6 is 0 Å². The number of para-hydroxylation sites is 1. The summed E-state index contributed by atoms with van der Waals surface area (Å²) in [4.78, 5) is 25.5. The quantitative estimate of drug-likeness (QED) is 0.386. The van der Waals surface area contributed by atoms with Gasteiger partial charge in [-0.2, -0.15) is 4.98 Å². The average Bonchev–Trinajstić information content (AvgIpc) is 3.30. The molecule has 1 aliphatic rings. The van der Waals surface area contributed by atoms with Crippen LogP contribution in [0.1, 0.15) is 12.5 Å². The number of benzene rings is 2. The van der Waals surface area contributed by atoms with Crippen molar-refractivity contribution in [1.82, 2.24) is 25.2 Å². The van der Waals surface area contributed by atoms with Crippen LogP contribution in [0.5, 0.6) is 0 Å². The number of nitrogens with one attached hydrogen (secondary N) is 3. The summed E-state index contributed by atoms with van der Waals surface area (Å²) >= 11 is 0. The molecule has 2 aromatic heterocycles. The van der Waals surface area contributed by atoms with Gasteiger partial charge in [0.05, 0.1) is 12.2 Å². The fraction of sp³-hybridized carbons (Fsp3) is 0.296. The van der Waals surface area contributed by atoms with Gasteiger partial charge in [-0.15, -0.1) is 0 Å². The van der Waals surface area contributed by atoms with Gasteiger partial charge < -0.3 is 25.4 Å². The molecule has 1 saturated heterocycles. The van der Waals surface area contributed by atoms with E-state index >= 15 is 0 Å². The van der Waals surface area contributed by atoms with Gasteiger partial charge in [-0.3, -0.25) is 4.90 Å². The number of hydrogen-bond acceptors (Lipinski definition) is 6. The molecule has 1 atom stereocenters. The fourth-order valence-electron chi connectivity index (χ4n) is 4.64. The first kappa shape index (κ1) is 23.6. The van der Waals surface area contributed by atoms with Crippen molar-refractivity contribution in [3.63, 3.8) is 0 Å². The molecule has 186 valence electrons. The van der Waals surface area contributed by atoms with Gasteiger partial charge in [-0.1, -0.05) is 18.2 Å². The van der Waals surface area contributed by atoms with Gasteiger partial charge >= 0.3 is 6.03 Å². The summed E-state index contributed by atoms with van der Waals surface area (Å²) < 4.78 is 2.08. The topological polar surface area (TPSA) is 90.4 Å². The van der Waals surface area contributed by atoms with Crippen molar-refractivity contribution in [3.8, 4) is 0 Å². The highest BCUT2D eigenvalue weighted by Crippen LogP contribution is 2.25. The highest BCUT2D eigenvalue weighted by atomic mass is 16.2. The number of urea groups is 1. The van der Waals surface area contributed by atoms with Crippen molar-refractivity contribution in [2.75, 3.05) is 48.8 Å². The first-order valence-corrected chi connectivity index (χ1v) is 12.2. The standard InChI is InChI=1S/C27H32N8O/c1-19-17-34(15-13-29-19)23-10-8-22(9-11-23)31-26-30-16-20-12-14-35(25(20)32-26)18-21-6-4-5-7-24(21)33(3)27(36)28-2/h4-12,14,16,19,29H,13,15,17-18H2,1-3H3,(H,28,36)(H,30,31,32). The van der Waals surface area contributed by atoms with Crippen LogP contribution in [0.3, 0.4) is 0 Å². The van der Waals surface area contributed by atoms with Gasteiger partial charge in [0.15, 0.2) is 0 Å². The third kappa shape index (κ3) is 4.96. The lowest BCUT2D eigenvalue weighted by Gasteiger charge is -2.33. The van der Waals surface area contributed by atoms with Crippen molar-refractivity contribution in [3.05, 3.63) is 72.6 Å². The molecule has 0 bridgehead atoms. The number of fused-ring (bicyclic) bond motifs is 1. The van der Waals surface area contributed by atoms with E-state index in [2.05, 4.69) is 61.6 Å². The zero-order chi connectivity index (χ0) is 25.1. The lowest BCUT2D eigenvalue weighted by atomic mass is 10.1. The van der Waals surface area contributed by atoms with E-state index in [1.807, 2.05) is 42.7 Å². The van der Waals surface area contributed by atoms with Crippen LogP contribution in [0.15, 0.2) is 67.0 Å². The molecule has 9 heteroatoms. The Morgan fingerprint density at radius 1 is 1.17 bits per heavy atom. The van der Waals surface area contributed by atoms with Crippen LogP contribution in [0.2, 0.25) is 0 Å². The Hall–Kier alpha value is -4.11. The molecule has 9 nitrogen and oxygen atoms in total. The molecule has 0 radical (unpaired) electrons. The minimum atomic E-state index is -0.161. The number of anilines is 4. The fourth-order valence-corrected chi connectivity index (χ4v) is 4.64. The van der Waals surface area contributed by atoms with Crippen LogP contribution in [-0.2, 0) is 6.54 Å². The Morgan fingerprint density at radius 2 is 1.97 bits per heavy atom. The van der Waals surface area contributed by atoms with Crippen molar-refractivity contribution in [2.24, 2.45) is 0 Å². The molecule has 2 aromatic carbocycles. The lowest BCUT2D eigenvalue weighted by molar-refractivity contribution is 0.249. The number of amides is 2. The van der Waals surface area contributed by atoms with Gasteiger partial charge in [0, 0.05) is 68.9 Å². The molecule has 36 heavy (non-hydrogen) atoms. The predicted molar refractivity (Wildman–Crippen MR) is 145 cm³/mol. The molecule has 0 spiro atoms. The summed E-state index contributed by atoms with van der Waals surface area (Å²) in [5.41, 5.74) is 4.87. The second kappa shape index (κ2) is 10.2. The maximum Gasteiger partial charge on any atom is 0.321 e. The molecule has 2 amide bonds. The van der Waals surface area contributed by atoms with Gasteiger partial charge in [-0.25, -0.2) is 9.78 Å². The van der Waals surface area contributed by atoms with Crippen molar-refractivity contribution < 1.29 is 4.79 Å². The lowest BCUT2D eigenvalue weighted by Crippen LogP contribution is -2.49. The molecule has 4 aromatic rings. The summed E-state index contributed by atoms with van der Waals surface area (Å²) in [5.74, 6) is 0.543. The third-order valence-corrected chi connectivity index (χ3v) is 6.57. The van der Waals surface area contributed by atoms with E-state index in [9.17, 15) is 4.79 Å². The maximum absolute atomic E-state index is 12.2. The van der Waals surface area contributed by atoms with Crippen LogP contribution < -0.4 is 25.8 Å². The summed E-state index contributed by atoms with van der Waals surface area (Å²) in [5, 5.41) is 10.5. The molecule has 5 rings (SSSR count). The summed E-state index contributed by atoms with van der Waals surface area (Å²) in [6.45, 7) is 5.81. The molecule has 1 unspecified atom stereocenters. The van der Waals surface area contributed by atoms with Crippen molar-refractivity contribution in [1.29, 1.82) is 0 Å². The number of carbonyl (C=O) groups excluding carboxylic acids is 1. The van der Waals surface area contributed by atoms with Gasteiger partial charge in [0.1, 0.15) is 5.65 Å². The summed E-state index contributed by atoms with van der Waals surface area (Å²) in [6.07, 6.45) is 3.84. The second-order valence-electron chi connectivity index (χ2n) is 9.13. The summed E-state index contributed by atoms with van der Waals surface area (Å²) in [7, 11) is 3.40. The monoisotopic (exact) mass is 484 g/mol. The molecule has 1 fully saturated rings. The largest absolute Gasteiger partial charge is 0.369 e. The Morgan fingerprint density at radius 3 is 2.75 bits per heavy atom. The van der Waals surface area contributed by atoms with Crippen molar-refractivity contribution >= 4 is 40.1 Å². The Kier molecular flexibility index (Phi) is 6.73. The number of hydrogen-bond donors (Lipinski definition) is 3. The van der Waals surface area contributed by atoms with E-state index in [4.69, 9.17) is 4.98 Å². The van der Waals surface area contributed by atoms with E-state index < -0.39 is 0 Å². The molecular formula is C27H32N8O. The number of nitrogens with zero attached hydrogens (tertiary/aromatic N) is 5. The molecular weight excluding hydrogens is 452 g/mol. The van der Waals surface area contributed by atoms with Crippen LogP contribution in [0, 0.1) is 0 Å². The van der Waals surface area contributed by atoms with Crippen LogP contribution in [-0.4, -0.2) is 60.3 Å². The number of piperazine rings is 1. The second-order valence-corrected chi connectivity index (χ2v) is 9.13. The molecule has 0 aliphatic carbocycles. The zero-order valence-corrected chi connectivity index (χ0v) is 20.9. The minimum Gasteiger partial charge on any atom is -0.369 e. The molecule has 1 aliphatic heterocycles. The Labute approximate surface area is 211 Å². The SMILES string of the molecule is CNC(=O)N(C)c1ccccc1Cn1ccc2cnc(Nc3ccc(N4CCNC(C)C4)cc3)nc21. The summed E-state index contributed by atoms with van der Waals surface area (Å²) in [6, 6.07) is 18.6. The highest BCUT2D eigenvalue weighted by molar-refractivity contribution is 5.92. The Bertz CT molecular complexity index is 1350. The number of rotatable bonds is 6. The zero-order valence-electron chi connectivity index (χ0n) is 20.9. The normalized spacial score (nSPS) is 15.6. The van der Waals surface area contributed by atoms with Crippen LogP contribution in [0.4, 0.5) is 27.8 Å². The molecule has 0 saturated carbocycles. The number of aromatic nitrogens is 3. The predicted octanol–water partition coefficient (Wildman–Crippen LogP) is 3.80. The average molecular weight is 485 g/mol. The smallest absolute Gasteiger partial charge is 0.321 e. The highest BCUT2D eigenvalue weighted by Gasteiger charge is 2.16. The maximum atomic E-state index is 12.2. The van der Waals surface area contributed by atoms with Crippen LogP contribution in [0.25, 0.3) is 11.0 Å². The molecule has 3 N–H and O–H groups in total. The van der Waals surface area contributed by atoms with E-state index in [0.29, 0.717) is 18.5 Å². The van der Waals surface area contributed by atoms with Crippen molar-refractivity contribution in [2.45, 2.75) is 19.5 Å². The Balaban J connectivity index is 1.35. The van der Waals surface area contributed by atoms with E-state index in [1.165, 1.54) is 5.69 Å². The first-order chi connectivity index (χ1) is 17.5. The number of carbonyl (C=O) groups is 1. The first-order valence-electron chi connectivity index (χ1n) is 12.2. The van der Waals surface area contributed by atoms with E-state index in [0.717, 1.165) is 47.6 Å². The van der Waals surface area contributed by atoms with Gasteiger partial charge in [-0.05, 0) is 48.9 Å². The third-order valence-electron chi connectivity index (χ3n) is 6.57. The van der Waals surface area contributed by atoms with Gasteiger partial charge in [0.2, 0.25) is 5.95 Å². The van der Waals surface area contributed by atoms with Gasteiger partial charge in [0.25, 0.3) is 0 Å².